The fourth-order valence-electron chi connectivity index (χ4n) is 3.56. The summed E-state index contributed by atoms with van der Waals surface area (Å²) >= 11 is 0. The lowest BCUT2D eigenvalue weighted by molar-refractivity contribution is -0.131. The molecule has 0 radical (unpaired) electrons. The van der Waals surface area contributed by atoms with E-state index in [2.05, 4.69) is 0 Å². The van der Waals surface area contributed by atoms with Crippen molar-refractivity contribution < 1.29 is 38.1 Å². The number of esters is 3. The molecule has 0 aliphatic carbocycles. The molecular weight excluding hydrogens is 404 g/mol. The molecule has 0 N–H and O–H groups in total. The van der Waals surface area contributed by atoms with Gasteiger partial charge in [-0.2, -0.15) is 0 Å². The fourth-order valence-corrected chi connectivity index (χ4v) is 3.56. The molecule has 2 aliphatic rings. The number of carbonyl (C=O) groups excluding carboxylic acids is 3. The molecule has 8 nitrogen and oxygen atoms in total. The van der Waals surface area contributed by atoms with Gasteiger partial charge < -0.3 is 23.7 Å². The summed E-state index contributed by atoms with van der Waals surface area (Å²) in [7, 11) is 0. The molecule has 0 aromatic heterocycles. The van der Waals surface area contributed by atoms with Crippen LogP contribution in [0.4, 0.5) is 0 Å². The Kier molecular flexibility index (Phi) is 6.01. The summed E-state index contributed by atoms with van der Waals surface area (Å²) in [5.41, 5.74) is 1.80. The zero-order valence-corrected chi connectivity index (χ0v) is 17.1. The van der Waals surface area contributed by atoms with Gasteiger partial charge in [0.05, 0.1) is 24.3 Å². The Hall–Kier alpha value is -3.23. The van der Waals surface area contributed by atoms with Crippen LogP contribution >= 0.6 is 0 Å². The molecule has 2 aromatic rings. The van der Waals surface area contributed by atoms with Gasteiger partial charge in [-0.05, 0) is 43.3 Å². The number of carbonyl (C=O) groups is 3. The van der Waals surface area contributed by atoms with Crippen molar-refractivity contribution in [2.45, 2.75) is 38.3 Å². The molecule has 2 saturated heterocycles. The molecule has 4 atom stereocenters. The van der Waals surface area contributed by atoms with Crippen LogP contribution in [-0.2, 0) is 23.7 Å². The summed E-state index contributed by atoms with van der Waals surface area (Å²) in [6.45, 7) is 3.54. The second kappa shape index (κ2) is 8.87. The Labute approximate surface area is 179 Å². The van der Waals surface area contributed by atoms with E-state index in [0.29, 0.717) is 16.9 Å². The molecule has 2 aromatic carbocycles. The Balaban J connectivity index is 1.33. The van der Waals surface area contributed by atoms with Gasteiger partial charge in [0.25, 0.3) is 0 Å². The van der Waals surface area contributed by atoms with Crippen molar-refractivity contribution >= 4 is 17.9 Å². The molecule has 2 heterocycles. The van der Waals surface area contributed by atoms with E-state index in [0.717, 1.165) is 5.56 Å². The maximum absolute atomic E-state index is 12.5. The van der Waals surface area contributed by atoms with Crippen molar-refractivity contribution in [2.24, 2.45) is 0 Å². The van der Waals surface area contributed by atoms with E-state index in [1.807, 2.05) is 19.1 Å². The SMILES string of the molecule is CC(=O)Oc1ccc(C(=O)OC2COC3C2OC[C@H]3OC(=O)c2ccc(C)cc2)cc1. The van der Waals surface area contributed by atoms with Crippen molar-refractivity contribution in [1.29, 1.82) is 0 Å². The predicted molar refractivity (Wildman–Crippen MR) is 107 cm³/mol. The third-order valence-corrected chi connectivity index (χ3v) is 5.12. The summed E-state index contributed by atoms with van der Waals surface area (Å²) in [6, 6.07) is 13.1. The van der Waals surface area contributed by atoms with Crippen LogP contribution in [0.5, 0.6) is 5.75 Å². The molecule has 31 heavy (non-hydrogen) atoms. The van der Waals surface area contributed by atoms with Crippen molar-refractivity contribution in [1.82, 2.24) is 0 Å². The average molecular weight is 426 g/mol. The Bertz CT molecular complexity index is 966. The van der Waals surface area contributed by atoms with Gasteiger partial charge in [-0.25, -0.2) is 9.59 Å². The van der Waals surface area contributed by atoms with E-state index in [1.165, 1.54) is 31.2 Å². The smallest absolute Gasteiger partial charge is 0.338 e. The van der Waals surface area contributed by atoms with Crippen LogP contribution in [0.25, 0.3) is 0 Å². The highest BCUT2D eigenvalue weighted by Gasteiger charge is 2.51. The topological polar surface area (TPSA) is 97.4 Å². The summed E-state index contributed by atoms with van der Waals surface area (Å²) in [6.07, 6.45) is -2.21. The largest absolute Gasteiger partial charge is 0.453 e. The van der Waals surface area contributed by atoms with Crippen LogP contribution in [0.2, 0.25) is 0 Å². The van der Waals surface area contributed by atoms with Crippen LogP contribution in [0.1, 0.15) is 33.2 Å². The maximum atomic E-state index is 12.5. The average Bonchev–Trinajstić information content (AvgIpc) is 3.32. The third kappa shape index (κ3) is 4.76. The number of ether oxygens (including phenoxy) is 5. The van der Waals surface area contributed by atoms with Crippen LogP contribution < -0.4 is 4.74 Å². The third-order valence-electron chi connectivity index (χ3n) is 5.12. The highest BCUT2D eigenvalue weighted by Crippen LogP contribution is 2.31. The Morgan fingerprint density at radius 3 is 1.68 bits per heavy atom. The Morgan fingerprint density at radius 2 is 1.23 bits per heavy atom. The number of fused-ring (bicyclic) bond motifs is 1. The molecule has 4 rings (SSSR count). The summed E-state index contributed by atoms with van der Waals surface area (Å²) < 4.78 is 27.5. The van der Waals surface area contributed by atoms with Gasteiger partial charge in [-0.1, -0.05) is 17.7 Å². The molecule has 0 spiro atoms. The molecule has 2 fully saturated rings. The minimum atomic E-state index is -0.617. The van der Waals surface area contributed by atoms with Gasteiger partial charge in [0.15, 0.2) is 12.2 Å². The quantitative estimate of drug-likeness (QED) is 0.531. The maximum Gasteiger partial charge on any atom is 0.338 e. The molecule has 0 saturated carbocycles. The molecule has 2 aliphatic heterocycles. The second-order valence-electron chi connectivity index (χ2n) is 7.47. The summed E-state index contributed by atoms with van der Waals surface area (Å²) in [5, 5.41) is 0. The van der Waals surface area contributed by atoms with Gasteiger partial charge in [0.2, 0.25) is 0 Å². The number of rotatable bonds is 5. The normalized spacial score (nSPS) is 24.3. The van der Waals surface area contributed by atoms with Crippen molar-refractivity contribution in [3.8, 4) is 5.75 Å². The standard InChI is InChI=1S/C23H22O8/c1-13-3-5-15(6-4-13)22(25)30-18-11-27-21-19(12-28-20(18)21)31-23(26)16-7-9-17(10-8-16)29-14(2)24/h3-10,18-21H,11-12H2,1-2H3/t18-,19?,20?,21?/m1/s1. The summed E-state index contributed by atoms with van der Waals surface area (Å²) in [5.74, 6) is -1.11. The molecule has 3 unspecified atom stereocenters. The number of aryl methyl sites for hydroxylation is 1. The summed E-state index contributed by atoms with van der Waals surface area (Å²) in [4.78, 5) is 35.8. The predicted octanol–water partition coefficient (Wildman–Crippen LogP) is 2.47. The zero-order chi connectivity index (χ0) is 22.0. The van der Waals surface area contributed by atoms with E-state index in [4.69, 9.17) is 23.7 Å². The van der Waals surface area contributed by atoms with E-state index in [1.54, 1.807) is 12.1 Å². The van der Waals surface area contributed by atoms with Crippen LogP contribution in [-0.4, -0.2) is 55.5 Å². The van der Waals surface area contributed by atoms with Crippen molar-refractivity contribution in [3.05, 3.63) is 65.2 Å². The lowest BCUT2D eigenvalue weighted by Crippen LogP contribution is -2.36. The fraction of sp³-hybridized carbons (Fsp3) is 0.348. The van der Waals surface area contributed by atoms with Crippen molar-refractivity contribution in [3.63, 3.8) is 0 Å². The van der Waals surface area contributed by atoms with Crippen LogP contribution in [0.15, 0.2) is 48.5 Å². The minimum Gasteiger partial charge on any atom is -0.453 e. The van der Waals surface area contributed by atoms with Crippen LogP contribution in [0.3, 0.4) is 0 Å². The van der Waals surface area contributed by atoms with Crippen LogP contribution in [0, 0.1) is 6.92 Å². The lowest BCUT2D eigenvalue weighted by Gasteiger charge is -2.17. The first kappa shape index (κ1) is 21.0. The minimum absolute atomic E-state index is 0.144. The zero-order valence-electron chi connectivity index (χ0n) is 17.1. The van der Waals surface area contributed by atoms with E-state index in [-0.39, 0.29) is 13.2 Å². The first-order valence-corrected chi connectivity index (χ1v) is 9.91. The highest BCUT2D eigenvalue weighted by molar-refractivity contribution is 5.90. The van der Waals surface area contributed by atoms with E-state index >= 15 is 0 Å². The van der Waals surface area contributed by atoms with Gasteiger partial charge in [0.1, 0.15) is 18.0 Å². The number of benzene rings is 2. The molecule has 0 amide bonds. The van der Waals surface area contributed by atoms with Gasteiger partial charge >= 0.3 is 17.9 Å². The number of hydrogen-bond acceptors (Lipinski definition) is 8. The first-order chi connectivity index (χ1) is 14.9. The van der Waals surface area contributed by atoms with Crippen molar-refractivity contribution in [2.75, 3.05) is 13.2 Å². The van der Waals surface area contributed by atoms with Gasteiger partial charge in [-0.3, -0.25) is 4.79 Å². The Morgan fingerprint density at radius 1 is 0.774 bits per heavy atom. The van der Waals surface area contributed by atoms with Gasteiger partial charge in [0, 0.05) is 6.92 Å². The highest BCUT2D eigenvalue weighted by atomic mass is 16.7. The monoisotopic (exact) mass is 426 g/mol. The van der Waals surface area contributed by atoms with Gasteiger partial charge in [-0.15, -0.1) is 0 Å². The first-order valence-electron chi connectivity index (χ1n) is 9.91. The number of hydrogen-bond donors (Lipinski definition) is 0. The molecular formula is C23H22O8. The molecule has 8 heteroatoms. The van der Waals surface area contributed by atoms with E-state index in [9.17, 15) is 14.4 Å². The second-order valence-corrected chi connectivity index (χ2v) is 7.47. The lowest BCUT2D eigenvalue weighted by atomic mass is 10.1. The molecule has 162 valence electrons. The van der Waals surface area contributed by atoms with E-state index < -0.39 is 42.3 Å². The molecule has 0 bridgehead atoms.